The Bertz CT molecular complexity index is 285. The molecule has 0 aromatic carbocycles. The largest absolute Gasteiger partial charge is 0.370 e. The summed E-state index contributed by atoms with van der Waals surface area (Å²) in [5.74, 6) is 2.50. The normalized spacial score (nSPS) is 74.6. The highest BCUT2D eigenvalue weighted by Gasteiger charge is 2.83. The van der Waals surface area contributed by atoms with E-state index in [0.29, 0.717) is 35.6 Å². The van der Waals surface area contributed by atoms with Gasteiger partial charge in [-0.05, 0) is 19.3 Å². The van der Waals surface area contributed by atoms with Crippen LogP contribution in [0.1, 0.15) is 13.3 Å². The lowest BCUT2D eigenvalue weighted by Crippen LogP contribution is -2.49. The molecule has 11 heavy (non-hydrogen) atoms. The van der Waals surface area contributed by atoms with Crippen LogP contribution in [-0.4, -0.2) is 17.5 Å². The molecule has 5 rings (SSSR count). The van der Waals surface area contributed by atoms with E-state index in [0.717, 1.165) is 6.42 Å². The van der Waals surface area contributed by atoms with Crippen LogP contribution in [0.5, 0.6) is 0 Å². The first kappa shape index (κ1) is 5.31. The van der Waals surface area contributed by atoms with Gasteiger partial charge in [-0.3, -0.25) is 4.79 Å². The SMILES string of the molecule is CC12OC3C4CC(C(=O)C41)C32. The molecule has 2 heteroatoms. The zero-order chi connectivity index (χ0) is 7.38. The van der Waals surface area contributed by atoms with Crippen LogP contribution in [-0.2, 0) is 9.53 Å². The van der Waals surface area contributed by atoms with E-state index in [4.69, 9.17) is 4.74 Å². The first-order chi connectivity index (χ1) is 5.23. The highest BCUT2D eigenvalue weighted by molar-refractivity contribution is 5.93. The maximum absolute atomic E-state index is 11.6. The minimum absolute atomic E-state index is 0.00926. The lowest BCUT2D eigenvalue weighted by Gasteiger charge is -2.42. The van der Waals surface area contributed by atoms with E-state index in [2.05, 4.69) is 6.92 Å². The van der Waals surface area contributed by atoms with Gasteiger partial charge in [-0.15, -0.1) is 0 Å². The number of ketones is 1. The molecule has 58 valence electrons. The van der Waals surface area contributed by atoms with Gasteiger partial charge >= 0.3 is 0 Å². The number of hydrogen-bond acceptors (Lipinski definition) is 2. The van der Waals surface area contributed by atoms with Gasteiger partial charge in [0, 0.05) is 11.8 Å². The van der Waals surface area contributed by atoms with Crippen LogP contribution in [0.25, 0.3) is 0 Å². The lowest BCUT2D eigenvalue weighted by molar-refractivity contribution is -0.196. The molecule has 6 unspecified atom stereocenters. The first-order valence-electron chi connectivity index (χ1n) is 4.45. The summed E-state index contributed by atoms with van der Waals surface area (Å²) in [4.78, 5) is 11.6. The summed E-state index contributed by atoms with van der Waals surface area (Å²) in [7, 11) is 0. The molecule has 6 atom stereocenters. The highest BCUT2D eigenvalue weighted by Crippen LogP contribution is 2.74. The highest BCUT2D eigenvalue weighted by atomic mass is 16.6. The van der Waals surface area contributed by atoms with Gasteiger partial charge in [0.1, 0.15) is 5.78 Å². The van der Waals surface area contributed by atoms with Gasteiger partial charge in [0.2, 0.25) is 0 Å². The molecular weight excluding hydrogens is 140 g/mol. The maximum Gasteiger partial charge on any atom is 0.142 e. The van der Waals surface area contributed by atoms with Crippen molar-refractivity contribution in [3.63, 3.8) is 0 Å². The van der Waals surface area contributed by atoms with Gasteiger partial charge in [-0.25, -0.2) is 0 Å². The molecule has 1 heterocycles. The summed E-state index contributed by atoms with van der Waals surface area (Å²) in [5.41, 5.74) is 0.00926. The second-order valence-corrected chi connectivity index (χ2v) is 4.68. The Hall–Kier alpha value is -0.370. The molecular formula is C9H10O2. The topological polar surface area (TPSA) is 26.3 Å². The minimum atomic E-state index is 0.00926. The third-order valence-corrected chi connectivity index (χ3v) is 4.51. The number of carbonyl (C=O) groups is 1. The molecule has 0 spiro atoms. The summed E-state index contributed by atoms with van der Waals surface area (Å²) in [6.07, 6.45) is 1.64. The van der Waals surface area contributed by atoms with Gasteiger partial charge in [0.25, 0.3) is 0 Å². The molecule has 5 aliphatic rings. The van der Waals surface area contributed by atoms with E-state index >= 15 is 0 Å². The second kappa shape index (κ2) is 1.09. The van der Waals surface area contributed by atoms with Gasteiger partial charge in [0.15, 0.2) is 0 Å². The summed E-state index contributed by atoms with van der Waals surface area (Å²) >= 11 is 0. The Balaban J connectivity index is 2.04. The van der Waals surface area contributed by atoms with Gasteiger partial charge in [-0.2, -0.15) is 0 Å². The zero-order valence-corrected chi connectivity index (χ0v) is 6.41. The number of rotatable bonds is 0. The molecule has 0 aromatic heterocycles. The fraction of sp³-hybridized carbons (Fsp3) is 0.889. The molecule has 1 aliphatic heterocycles. The van der Waals surface area contributed by atoms with E-state index in [1.807, 2.05) is 0 Å². The molecule has 4 aliphatic carbocycles. The molecule has 5 fully saturated rings. The second-order valence-electron chi connectivity index (χ2n) is 4.68. The Kier molecular flexibility index (Phi) is 0.527. The van der Waals surface area contributed by atoms with E-state index in [1.54, 1.807) is 0 Å². The summed E-state index contributed by atoms with van der Waals surface area (Å²) < 4.78 is 5.73. The Labute approximate surface area is 64.9 Å². The van der Waals surface area contributed by atoms with Crippen molar-refractivity contribution in [3.05, 3.63) is 0 Å². The smallest absolute Gasteiger partial charge is 0.142 e. The van der Waals surface area contributed by atoms with Crippen LogP contribution in [0.3, 0.4) is 0 Å². The van der Waals surface area contributed by atoms with E-state index in [-0.39, 0.29) is 5.60 Å². The van der Waals surface area contributed by atoms with Crippen molar-refractivity contribution in [1.82, 2.24) is 0 Å². The molecule has 1 saturated heterocycles. The van der Waals surface area contributed by atoms with Crippen molar-refractivity contribution in [3.8, 4) is 0 Å². The monoisotopic (exact) mass is 150 g/mol. The van der Waals surface area contributed by atoms with Crippen LogP contribution >= 0.6 is 0 Å². The van der Waals surface area contributed by atoms with Crippen LogP contribution < -0.4 is 0 Å². The molecule has 0 aromatic rings. The summed E-state index contributed by atoms with van der Waals surface area (Å²) in [6, 6.07) is 0. The maximum atomic E-state index is 11.6. The molecule has 0 amide bonds. The zero-order valence-electron chi connectivity index (χ0n) is 6.41. The first-order valence-corrected chi connectivity index (χ1v) is 4.45. The fourth-order valence-electron chi connectivity index (χ4n) is 4.30. The molecule has 0 radical (unpaired) electrons. The van der Waals surface area contributed by atoms with Crippen molar-refractivity contribution in [2.75, 3.05) is 0 Å². The van der Waals surface area contributed by atoms with Gasteiger partial charge in [0.05, 0.1) is 17.6 Å². The Morgan fingerprint density at radius 1 is 1.64 bits per heavy atom. The van der Waals surface area contributed by atoms with Crippen molar-refractivity contribution >= 4 is 5.78 Å². The van der Waals surface area contributed by atoms with E-state index < -0.39 is 0 Å². The van der Waals surface area contributed by atoms with Gasteiger partial charge < -0.3 is 4.74 Å². The van der Waals surface area contributed by atoms with Crippen molar-refractivity contribution in [2.45, 2.75) is 25.0 Å². The van der Waals surface area contributed by atoms with Crippen LogP contribution in [0.15, 0.2) is 0 Å². The summed E-state index contributed by atoms with van der Waals surface area (Å²) in [5, 5.41) is 0. The quantitative estimate of drug-likeness (QED) is 0.505. The van der Waals surface area contributed by atoms with Crippen molar-refractivity contribution in [2.24, 2.45) is 23.7 Å². The summed E-state index contributed by atoms with van der Waals surface area (Å²) in [6.45, 7) is 2.13. The Morgan fingerprint density at radius 2 is 2.45 bits per heavy atom. The fourth-order valence-corrected chi connectivity index (χ4v) is 4.30. The van der Waals surface area contributed by atoms with E-state index in [1.165, 1.54) is 0 Å². The number of Topliss-reactive ketones (excluding diaryl/α,β-unsaturated/α-hetero) is 1. The molecule has 6 bridgehead atoms. The van der Waals surface area contributed by atoms with Crippen molar-refractivity contribution in [1.29, 1.82) is 0 Å². The average Bonchev–Trinajstić information content (AvgIpc) is 2.52. The van der Waals surface area contributed by atoms with Crippen LogP contribution in [0, 0.1) is 23.7 Å². The van der Waals surface area contributed by atoms with Crippen molar-refractivity contribution < 1.29 is 9.53 Å². The minimum Gasteiger partial charge on any atom is -0.370 e. The third kappa shape index (κ3) is 0.281. The Morgan fingerprint density at radius 3 is 2.91 bits per heavy atom. The predicted octanol–water partition coefficient (Wildman–Crippen LogP) is 0.609. The molecule has 4 saturated carbocycles. The molecule has 0 N–H and O–H groups in total. The van der Waals surface area contributed by atoms with Gasteiger partial charge in [-0.1, -0.05) is 0 Å². The third-order valence-electron chi connectivity index (χ3n) is 4.51. The predicted molar refractivity (Wildman–Crippen MR) is 36.9 cm³/mol. The number of ether oxygens (including phenoxy) is 1. The molecule has 2 nitrogen and oxygen atoms in total. The van der Waals surface area contributed by atoms with Crippen LogP contribution in [0.2, 0.25) is 0 Å². The lowest BCUT2D eigenvalue weighted by atomic mass is 9.83. The standard InChI is InChI=1S/C9H10O2/c1-9-5-4-2-3(7(5)10)6(9)8(4)11-9/h3-6,8H,2H2,1H3. The number of carbonyl (C=O) groups excluding carboxylic acids is 1. The average molecular weight is 150 g/mol. The van der Waals surface area contributed by atoms with E-state index in [9.17, 15) is 4.79 Å². The van der Waals surface area contributed by atoms with Crippen LogP contribution in [0.4, 0.5) is 0 Å². The number of hydrogen-bond donors (Lipinski definition) is 0.